The van der Waals surface area contributed by atoms with E-state index in [-0.39, 0.29) is 6.10 Å². The molecule has 1 N–H and O–H groups in total. The number of nitrogens with one attached hydrogen (secondary N) is 1. The minimum absolute atomic E-state index is 0.139. The van der Waals surface area contributed by atoms with Crippen LogP contribution in [0.3, 0.4) is 0 Å². The van der Waals surface area contributed by atoms with Crippen molar-refractivity contribution in [2.24, 2.45) is 4.99 Å². The second-order valence-corrected chi connectivity index (χ2v) is 9.37. The van der Waals surface area contributed by atoms with E-state index in [9.17, 15) is 0 Å². The molecule has 2 saturated heterocycles. The average Bonchev–Trinajstić information content (AvgIpc) is 3.40. The van der Waals surface area contributed by atoms with Crippen molar-refractivity contribution in [2.45, 2.75) is 18.9 Å². The summed E-state index contributed by atoms with van der Waals surface area (Å²) in [5.41, 5.74) is 6.99. The molecule has 190 valence electrons. The summed E-state index contributed by atoms with van der Waals surface area (Å²) in [6.07, 6.45) is 7.37. The normalized spacial score (nSPS) is 17.1. The lowest BCUT2D eigenvalue weighted by Gasteiger charge is -2.28. The number of ether oxygens (including phenoxy) is 3. The number of hydrogen-bond acceptors (Lipinski definition) is 7. The van der Waals surface area contributed by atoms with E-state index in [2.05, 4.69) is 50.2 Å². The minimum atomic E-state index is 0.139. The van der Waals surface area contributed by atoms with Crippen LogP contribution in [0.1, 0.15) is 18.4 Å². The Morgan fingerprint density at radius 1 is 1.00 bits per heavy atom. The van der Waals surface area contributed by atoms with Gasteiger partial charge in [0.2, 0.25) is 0 Å². The fraction of sp³-hybridized carbons (Fsp3) is 0.345. The van der Waals surface area contributed by atoms with Crippen molar-refractivity contribution >= 4 is 22.9 Å². The summed E-state index contributed by atoms with van der Waals surface area (Å²) < 4.78 is 17.2. The molecule has 0 spiro atoms. The molecule has 0 atom stereocenters. The van der Waals surface area contributed by atoms with Gasteiger partial charge in [-0.05, 0) is 35.9 Å². The molecule has 8 nitrogen and oxygen atoms in total. The SMILES string of the molecule is C/N=C\c1cc(-c2ccnc3[nH]c(-c4ccc(N5CCOCC5)cc4)cc23)ncc1OC1CCOCC1. The number of aliphatic imine (C=N–C) groups is 1. The molecule has 4 aromatic rings. The lowest BCUT2D eigenvalue weighted by atomic mass is 10.1. The molecule has 0 saturated carbocycles. The molecule has 0 amide bonds. The third-order valence-corrected chi connectivity index (χ3v) is 6.99. The largest absolute Gasteiger partial charge is 0.488 e. The summed E-state index contributed by atoms with van der Waals surface area (Å²) in [5.74, 6) is 0.752. The van der Waals surface area contributed by atoms with Crippen LogP contribution < -0.4 is 9.64 Å². The summed E-state index contributed by atoms with van der Waals surface area (Å²) in [6.45, 7) is 4.87. The van der Waals surface area contributed by atoms with Crippen LogP contribution in [0, 0.1) is 0 Å². The molecule has 2 fully saturated rings. The molecular weight excluding hydrogens is 466 g/mol. The lowest BCUT2D eigenvalue weighted by molar-refractivity contribution is 0.0254. The van der Waals surface area contributed by atoms with E-state index in [1.807, 2.05) is 30.7 Å². The minimum Gasteiger partial charge on any atom is -0.488 e. The van der Waals surface area contributed by atoms with E-state index in [4.69, 9.17) is 19.2 Å². The number of aromatic nitrogens is 3. The number of anilines is 1. The van der Waals surface area contributed by atoms with Gasteiger partial charge in [0.15, 0.2) is 0 Å². The number of nitrogens with zero attached hydrogens (tertiary/aromatic N) is 4. The Morgan fingerprint density at radius 2 is 1.78 bits per heavy atom. The summed E-state index contributed by atoms with van der Waals surface area (Å²) in [5, 5.41) is 1.03. The van der Waals surface area contributed by atoms with Crippen molar-refractivity contribution in [2.75, 3.05) is 51.5 Å². The highest BCUT2D eigenvalue weighted by Gasteiger charge is 2.18. The molecule has 2 aliphatic heterocycles. The highest BCUT2D eigenvalue weighted by molar-refractivity contribution is 5.96. The van der Waals surface area contributed by atoms with Gasteiger partial charge in [0.1, 0.15) is 17.5 Å². The van der Waals surface area contributed by atoms with E-state index in [1.165, 1.54) is 5.69 Å². The molecule has 0 aliphatic carbocycles. The van der Waals surface area contributed by atoms with Crippen LogP contribution in [0.25, 0.3) is 33.5 Å². The van der Waals surface area contributed by atoms with Crippen LogP contribution >= 0.6 is 0 Å². The van der Waals surface area contributed by atoms with Crippen molar-refractivity contribution in [1.82, 2.24) is 15.0 Å². The zero-order valence-corrected chi connectivity index (χ0v) is 21.0. The van der Waals surface area contributed by atoms with E-state index < -0.39 is 0 Å². The van der Waals surface area contributed by atoms with Crippen molar-refractivity contribution in [3.05, 3.63) is 60.4 Å². The third kappa shape index (κ3) is 5.08. The molecule has 3 aromatic heterocycles. The maximum absolute atomic E-state index is 6.27. The van der Waals surface area contributed by atoms with E-state index >= 15 is 0 Å². The lowest BCUT2D eigenvalue weighted by Crippen LogP contribution is -2.36. The van der Waals surface area contributed by atoms with Crippen molar-refractivity contribution in [1.29, 1.82) is 0 Å². The number of morpholine rings is 1. The summed E-state index contributed by atoms with van der Waals surface area (Å²) in [4.78, 5) is 19.5. The van der Waals surface area contributed by atoms with Crippen LogP contribution in [0.2, 0.25) is 0 Å². The van der Waals surface area contributed by atoms with Gasteiger partial charge in [-0.3, -0.25) is 9.98 Å². The predicted molar refractivity (Wildman–Crippen MR) is 146 cm³/mol. The molecule has 0 unspecified atom stereocenters. The Bertz CT molecular complexity index is 1390. The van der Waals surface area contributed by atoms with Crippen molar-refractivity contribution in [3.63, 3.8) is 0 Å². The van der Waals surface area contributed by atoms with Gasteiger partial charge in [-0.15, -0.1) is 0 Å². The van der Waals surface area contributed by atoms with Crippen molar-refractivity contribution in [3.8, 4) is 28.3 Å². The highest BCUT2D eigenvalue weighted by Crippen LogP contribution is 2.33. The van der Waals surface area contributed by atoms with Crippen LogP contribution in [0.4, 0.5) is 5.69 Å². The topological polar surface area (TPSA) is 84.9 Å². The molecule has 6 rings (SSSR count). The first-order valence-electron chi connectivity index (χ1n) is 12.9. The van der Waals surface area contributed by atoms with Crippen LogP contribution in [0.15, 0.2) is 59.9 Å². The smallest absolute Gasteiger partial charge is 0.146 e. The number of fused-ring (bicyclic) bond motifs is 1. The first kappa shape index (κ1) is 23.6. The Morgan fingerprint density at radius 3 is 2.57 bits per heavy atom. The van der Waals surface area contributed by atoms with Gasteiger partial charge < -0.3 is 24.1 Å². The van der Waals surface area contributed by atoms with Gasteiger partial charge in [-0.25, -0.2) is 4.98 Å². The molecule has 5 heterocycles. The van der Waals surface area contributed by atoms with Gasteiger partial charge in [0.05, 0.1) is 38.3 Å². The zero-order valence-electron chi connectivity index (χ0n) is 21.0. The van der Waals surface area contributed by atoms with E-state index in [0.717, 1.165) is 97.2 Å². The first-order valence-corrected chi connectivity index (χ1v) is 12.9. The molecular formula is C29H31N5O3. The van der Waals surface area contributed by atoms with Crippen LogP contribution in [0.5, 0.6) is 5.75 Å². The fourth-order valence-electron chi connectivity index (χ4n) is 5.00. The zero-order chi connectivity index (χ0) is 25.0. The average molecular weight is 498 g/mol. The maximum Gasteiger partial charge on any atom is 0.146 e. The Balaban J connectivity index is 1.30. The Hall–Kier alpha value is -3.75. The van der Waals surface area contributed by atoms with Crippen LogP contribution in [-0.2, 0) is 9.47 Å². The van der Waals surface area contributed by atoms with Crippen LogP contribution in [-0.4, -0.2) is 73.8 Å². The van der Waals surface area contributed by atoms with Gasteiger partial charge in [0.25, 0.3) is 0 Å². The molecule has 0 radical (unpaired) electrons. The summed E-state index contributed by atoms with van der Waals surface area (Å²) >= 11 is 0. The van der Waals surface area contributed by atoms with Gasteiger partial charge in [0, 0.05) is 73.3 Å². The Labute approximate surface area is 216 Å². The monoisotopic (exact) mass is 497 g/mol. The predicted octanol–water partition coefficient (Wildman–Crippen LogP) is 4.74. The second kappa shape index (κ2) is 10.7. The van der Waals surface area contributed by atoms with Gasteiger partial charge in [-0.1, -0.05) is 12.1 Å². The fourth-order valence-corrected chi connectivity index (χ4v) is 5.00. The molecule has 1 aromatic carbocycles. The number of aromatic amines is 1. The summed E-state index contributed by atoms with van der Waals surface area (Å²) in [6, 6.07) is 14.9. The maximum atomic E-state index is 6.27. The quantitative estimate of drug-likeness (QED) is 0.388. The number of pyridine rings is 2. The van der Waals surface area contributed by atoms with Gasteiger partial charge >= 0.3 is 0 Å². The number of benzene rings is 1. The standard InChI is InChI=1S/C29H31N5O3/c1-30-18-21-16-27(32-19-28(21)37-23-7-12-35-13-8-23)24-6-9-31-29-25(24)17-26(33-29)20-2-4-22(5-3-20)34-10-14-36-15-11-34/h2-6,9,16-19,23H,7-8,10-15H2,1H3,(H,31,33)/b30-18-. The highest BCUT2D eigenvalue weighted by atomic mass is 16.5. The van der Waals surface area contributed by atoms with Crippen molar-refractivity contribution < 1.29 is 14.2 Å². The molecule has 2 aliphatic rings. The number of H-pyrrole nitrogens is 1. The first-order chi connectivity index (χ1) is 18.3. The van der Waals surface area contributed by atoms with E-state index in [0.29, 0.717) is 0 Å². The number of hydrogen-bond donors (Lipinski definition) is 1. The number of rotatable bonds is 6. The van der Waals surface area contributed by atoms with Gasteiger partial charge in [-0.2, -0.15) is 0 Å². The second-order valence-electron chi connectivity index (χ2n) is 9.37. The third-order valence-electron chi connectivity index (χ3n) is 6.99. The summed E-state index contributed by atoms with van der Waals surface area (Å²) in [7, 11) is 1.77. The molecule has 8 heteroatoms. The molecule has 37 heavy (non-hydrogen) atoms. The molecule has 0 bridgehead atoms. The Kier molecular flexibility index (Phi) is 6.84. The van der Waals surface area contributed by atoms with E-state index in [1.54, 1.807) is 7.05 Å².